The van der Waals surface area contributed by atoms with E-state index < -0.39 is 0 Å². The van der Waals surface area contributed by atoms with Crippen molar-refractivity contribution in [1.82, 2.24) is 0 Å². The highest BCUT2D eigenvalue weighted by Gasteiger charge is 1.90. The summed E-state index contributed by atoms with van der Waals surface area (Å²) in [5, 5.41) is 0. The second-order valence-electron chi connectivity index (χ2n) is 3.02. The fourth-order valence-corrected chi connectivity index (χ4v) is 1.07. The van der Waals surface area contributed by atoms with Gasteiger partial charge in [-0.2, -0.15) is 0 Å². The predicted octanol–water partition coefficient (Wildman–Crippen LogP) is 2.96. The molecule has 0 aromatic heterocycles. The van der Waals surface area contributed by atoms with E-state index in [0.717, 1.165) is 5.56 Å². The third kappa shape index (κ3) is 4.55. The Hall–Kier alpha value is -1.90. The normalized spacial score (nSPS) is 11.1. The smallest absolute Gasteiger partial charge is 0.330 e. The Morgan fingerprint density at radius 1 is 1.31 bits per heavy atom. The first-order valence-corrected chi connectivity index (χ1v) is 4.99. The molecular weight excluding hydrogens is 207 g/mol. The Balaban J connectivity index is 2.48. The zero-order valence-electron chi connectivity index (χ0n) is 9.02. The zero-order chi connectivity index (χ0) is 11.8. The summed E-state index contributed by atoms with van der Waals surface area (Å²) in [4.78, 5) is 10.9. The van der Waals surface area contributed by atoms with Gasteiger partial charge in [0.1, 0.15) is 5.82 Å². The number of allylic oxidation sites excluding steroid dienone is 2. The second-order valence-corrected chi connectivity index (χ2v) is 3.02. The maximum absolute atomic E-state index is 12.6. The quantitative estimate of drug-likeness (QED) is 0.443. The van der Waals surface area contributed by atoms with E-state index >= 15 is 0 Å². The average Bonchev–Trinajstić information content (AvgIpc) is 2.27. The molecule has 0 aliphatic carbocycles. The summed E-state index contributed by atoms with van der Waals surface area (Å²) in [5.41, 5.74) is 0.870. The van der Waals surface area contributed by atoms with Crippen LogP contribution in [0.1, 0.15) is 12.5 Å². The van der Waals surface area contributed by atoms with Crippen molar-refractivity contribution in [1.29, 1.82) is 0 Å². The topological polar surface area (TPSA) is 26.3 Å². The molecule has 0 saturated heterocycles. The lowest BCUT2D eigenvalue weighted by Gasteiger charge is -1.93. The van der Waals surface area contributed by atoms with E-state index in [4.69, 9.17) is 4.74 Å². The fourth-order valence-electron chi connectivity index (χ4n) is 1.07. The molecule has 0 unspecified atom stereocenters. The van der Waals surface area contributed by atoms with Gasteiger partial charge in [-0.25, -0.2) is 9.18 Å². The molecule has 0 amide bonds. The highest BCUT2D eigenvalue weighted by molar-refractivity contribution is 5.82. The monoisotopic (exact) mass is 220 g/mol. The van der Waals surface area contributed by atoms with Crippen LogP contribution < -0.4 is 0 Å². The van der Waals surface area contributed by atoms with Gasteiger partial charge in [-0.1, -0.05) is 30.4 Å². The summed E-state index contributed by atoms with van der Waals surface area (Å²) >= 11 is 0. The van der Waals surface area contributed by atoms with Gasteiger partial charge in [0.2, 0.25) is 0 Å². The molecule has 0 fully saturated rings. The lowest BCUT2D eigenvalue weighted by Crippen LogP contribution is -1.98. The number of halogens is 1. The van der Waals surface area contributed by atoms with Crippen molar-refractivity contribution >= 4 is 12.0 Å². The summed E-state index contributed by atoms with van der Waals surface area (Å²) in [6.45, 7) is 2.12. The maximum atomic E-state index is 12.6. The first-order chi connectivity index (χ1) is 7.72. The number of benzene rings is 1. The summed E-state index contributed by atoms with van der Waals surface area (Å²) in [7, 11) is 0. The van der Waals surface area contributed by atoms with Crippen LogP contribution in [0, 0.1) is 5.82 Å². The summed E-state index contributed by atoms with van der Waals surface area (Å²) in [6.07, 6.45) is 6.39. The molecule has 0 saturated carbocycles. The largest absolute Gasteiger partial charge is 0.463 e. The average molecular weight is 220 g/mol. The van der Waals surface area contributed by atoms with E-state index in [1.807, 2.05) is 0 Å². The molecular formula is C13H13FO2. The van der Waals surface area contributed by atoms with E-state index in [0.29, 0.717) is 6.61 Å². The van der Waals surface area contributed by atoms with Crippen LogP contribution in [0.5, 0.6) is 0 Å². The third-order valence-corrected chi connectivity index (χ3v) is 1.79. The molecule has 2 nitrogen and oxygen atoms in total. The van der Waals surface area contributed by atoms with Crippen LogP contribution in [-0.4, -0.2) is 12.6 Å². The van der Waals surface area contributed by atoms with Gasteiger partial charge >= 0.3 is 5.97 Å². The number of carbonyl (C=O) groups excluding carboxylic acids is 1. The molecule has 0 N–H and O–H groups in total. The highest BCUT2D eigenvalue weighted by Crippen LogP contribution is 2.04. The minimum Gasteiger partial charge on any atom is -0.463 e. The predicted molar refractivity (Wildman–Crippen MR) is 61.2 cm³/mol. The molecule has 3 heteroatoms. The van der Waals surface area contributed by atoms with E-state index in [1.54, 1.807) is 37.3 Å². The Labute approximate surface area is 94.0 Å². The molecule has 0 atom stereocenters. The lowest BCUT2D eigenvalue weighted by molar-refractivity contribution is -0.137. The van der Waals surface area contributed by atoms with E-state index in [-0.39, 0.29) is 11.8 Å². The lowest BCUT2D eigenvalue weighted by atomic mass is 10.2. The van der Waals surface area contributed by atoms with Crippen molar-refractivity contribution in [3.63, 3.8) is 0 Å². The number of hydrogen-bond donors (Lipinski definition) is 0. The van der Waals surface area contributed by atoms with Crippen LogP contribution in [0.4, 0.5) is 4.39 Å². The van der Waals surface area contributed by atoms with Gasteiger partial charge in [0, 0.05) is 6.08 Å². The molecule has 0 radical (unpaired) electrons. The Kier molecular flexibility index (Phi) is 4.99. The minimum atomic E-state index is -0.369. The Bertz CT molecular complexity index is 391. The molecule has 0 bridgehead atoms. The van der Waals surface area contributed by atoms with Crippen LogP contribution in [0.2, 0.25) is 0 Å². The number of rotatable bonds is 4. The number of carbonyl (C=O) groups is 1. The fraction of sp³-hybridized carbons (Fsp3) is 0.154. The van der Waals surface area contributed by atoms with Gasteiger partial charge in [-0.3, -0.25) is 0 Å². The van der Waals surface area contributed by atoms with Crippen LogP contribution in [-0.2, 0) is 9.53 Å². The first-order valence-electron chi connectivity index (χ1n) is 4.99. The van der Waals surface area contributed by atoms with E-state index in [9.17, 15) is 9.18 Å². The van der Waals surface area contributed by atoms with Crippen molar-refractivity contribution in [3.8, 4) is 0 Å². The molecule has 1 rings (SSSR count). The van der Waals surface area contributed by atoms with Gasteiger partial charge in [0.15, 0.2) is 0 Å². The third-order valence-electron chi connectivity index (χ3n) is 1.79. The Morgan fingerprint density at radius 2 is 2.00 bits per heavy atom. The van der Waals surface area contributed by atoms with Gasteiger partial charge in [0.05, 0.1) is 6.61 Å². The molecule has 84 valence electrons. The Morgan fingerprint density at radius 3 is 2.62 bits per heavy atom. The van der Waals surface area contributed by atoms with E-state index in [1.165, 1.54) is 18.2 Å². The molecule has 1 aromatic rings. The molecule has 0 aliphatic rings. The van der Waals surface area contributed by atoms with Crippen LogP contribution in [0.25, 0.3) is 6.08 Å². The maximum Gasteiger partial charge on any atom is 0.330 e. The molecule has 16 heavy (non-hydrogen) atoms. The number of hydrogen-bond acceptors (Lipinski definition) is 2. The molecule has 0 spiro atoms. The van der Waals surface area contributed by atoms with Gasteiger partial charge < -0.3 is 4.74 Å². The summed E-state index contributed by atoms with van der Waals surface area (Å²) < 4.78 is 17.3. The van der Waals surface area contributed by atoms with Gasteiger partial charge in [-0.15, -0.1) is 0 Å². The number of ether oxygens (including phenoxy) is 1. The SMILES string of the molecule is CCOC(=O)C=CC=Cc1ccc(F)cc1. The standard InChI is InChI=1S/C13H13FO2/c1-2-16-13(15)6-4-3-5-11-7-9-12(14)10-8-11/h3-10H,2H2,1H3. The molecule has 0 aliphatic heterocycles. The summed E-state index contributed by atoms with van der Waals surface area (Å²) in [6, 6.07) is 6.08. The van der Waals surface area contributed by atoms with Crippen molar-refractivity contribution in [2.24, 2.45) is 0 Å². The molecule has 1 aromatic carbocycles. The zero-order valence-corrected chi connectivity index (χ0v) is 9.02. The van der Waals surface area contributed by atoms with Gasteiger partial charge in [0.25, 0.3) is 0 Å². The summed E-state index contributed by atoms with van der Waals surface area (Å²) in [5.74, 6) is -0.634. The molecule has 0 heterocycles. The van der Waals surface area contributed by atoms with Crippen LogP contribution in [0.15, 0.2) is 42.5 Å². The van der Waals surface area contributed by atoms with Gasteiger partial charge in [-0.05, 0) is 24.6 Å². The second kappa shape index (κ2) is 6.56. The van der Waals surface area contributed by atoms with Crippen LogP contribution in [0.3, 0.4) is 0 Å². The van der Waals surface area contributed by atoms with Crippen molar-refractivity contribution in [2.45, 2.75) is 6.92 Å². The van der Waals surface area contributed by atoms with Crippen molar-refractivity contribution in [2.75, 3.05) is 6.61 Å². The highest BCUT2D eigenvalue weighted by atomic mass is 19.1. The number of esters is 1. The van der Waals surface area contributed by atoms with Crippen molar-refractivity contribution < 1.29 is 13.9 Å². The van der Waals surface area contributed by atoms with E-state index in [2.05, 4.69) is 0 Å². The first kappa shape index (κ1) is 12.2. The van der Waals surface area contributed by atoms with Crippen LogP contribution >= 0.6 is 0 Å². The van der Waals surface area contributed by atoms with Crippen molar-refractivity contribution in [3.05, 3.63) is 53.9 Å². The minimum absolute atomic E-state index is 0.265.